The molecular weight excluding hydrogens is 460 g/mol. The molecule has 1 fully saturated rings. The third kappa shape index (κ3) is 5.84. The average Bonchev–Trinajstić information content (AvgIpc) is 2.88. The molecule has 9 heteroatoms. The van der Waals surface area contributed by atoms with E-state index in [2.05, 4.69) is 16.4 Å². The second-order valence-electron chi connectivity index (χ2n) is 9.23. The Balaban J connectivity index is 1.55. The number of rotatable bonds is 3. The fourth-order valence-corrected chi connectivity index (χ4v) is 4.87. The summed E-state index contributed by atoms with van der Waals surface area (Å²) in [7, 11) is 0. The van der Waals surface area contributed by atoms with Gasteiger partial charge in [0.15, 0.2) is 5.60 Å². The first kappa shape index (κ1) is 25.6. The van der Waals surface area contributed by atoms with E-state index in [4.69, 9.17) is 9.47 Å². The maximum absolute atomic E-state index is 13.8. The van der Waals surface area contributed by atoms with Crippen LogP contribution in [0, 0.1) is 0 Å². The maximum atomic E-state index is 13.8. The first-order valence-corrected chi connectivity index (χ1v) is 12.6. The summed E-state index contributed by atoms with van der Waals surface area (Å²) in [5.41, 5.74) is 0.468. The molecular formula is C27H34N4O5. The minimum absolute atomic E-state index is 0.103. The topological polar surface area (TPSA) is 101 Å². The summed E-state index contributed by atoms with van der Waals surface area (Å²) in [5.74, 6) is 0.607. The van der Waals surface area contributed by atoms with Gasteiger partial charge in [-0.2, -0.15) is 0 Å². The smallest absolute Gasteiger partial charge is 0.256 e. The molecule has 1 spiro atoms. The first-order chi connectivity index (χ1) is 17.4. The van der Waals surface area contributed by atoms with E-state index >= 15 is 0 Å². The molecule has 36 heavy (non-hydrogen) atoms. The van der Waals surface area contributed by atoms with Crippen molar-refractivity contribution in [2.75, 3.05) is 44.7 Å². The van der Waals surface area contributed by atoms with Gasteiger partial charge in [-0.05, 0) is 56.4 Å². The summed E-state index contributed by atoms with van der Waals surface area (Å²) in [5, 5.41) is 2.61. The molecule has 1 saturated heterocycles. The summed E-state index contributed by atoms with van der Waals surface area (Å²) in [6.07, 6.45) is 4.53. The van der Waals surface area contributed by atoms with Gasteiger partial charge in [-0.25, -0.2) is 4.98 Å². The third-order valence-corrected chi connectivity index (χ3v) is 6.71. The number of carbonyl (C=O) groups excluding carboxylic acids is 3. The number of para-hydroxylation sites is 1. The van der Waals surface area contributed by atoms with Crippen molar-refractivity contribution in [2.45, 2.75) is 45.1 Å². The number of hydrogen-bond acceptors (Lipinski definition) is 6. The number of amides is 3. The van der Waals surface area contributed by atoms with E-state index in [1.165, 1.54) is 13.1 Å². The van der Waals surface area contributed by atoms with Crippen molar-refractivity contribution in [2.24, 2.45) is 0 Å². The summed E-state index contributed by atoms with van der Waals surface area (Å²) in [6, 6.07) is 11.2. The summed E-state index contributed by atoms with van der Waals surface area (Å²) < 4.78 is 12.3. The second kappa shape index (κ2) is 11.5. The van der Waals surface area contributed by atoms with Crippen molar-refractivity contribution in [3.05, 3.63) is 53.7 Å². The van der Waals surface area contributed by atoms with Crippen LogP contribution >= 0.6 is 0 Å². The molecule has 0 aliphatic carbocycles. The highest BCUT2D eigenvalue weighted by atomic mass is 16.5. The average molecular weight is 495 g/mol. The van der Waals surface area contributed by atoms with Gasteiger partial charge in [-0.15, -0.1) is 0 Å². The van der Waals surface area contributed by atoms with E-state index in [-0.39, 0.29) is 30.9 Å². The van der Waals surface area contributed by atoms with Gasteiger partial charge in [-0.3, -0.25) is 14.4 Å². The van der Waals surface area contributed by atoms with Gasteiger partial charge in [0.1, 0.15) is 18.2 Å². The highest BCUT2D eigenvalue weighted by Gasteiger charge is 2.46. The number of fused-ring (bicyclic) bond motifs is 1. The number of aromatic nitrogens is 1. The van der Waals surface area contributed by atoms with Crippen LogP contribution in [-0.2, 0) is 20.7 Å². The number of morpholine rings is 1. The zero-order valence-electron chi connectivity index (χ0n) is 21.0. The molecule has 2 aliphatic heterocycles. The molecule has 1 N–H and O–H groups in total. The van der Waals surface area contributed by atoms with E-state index in [0.29, 0.717) is 44.0 Å². The van der Waals surface area contributed by atoms with Crippen molar-refractivity contribution in [1.29, 1.82) is 0 Å². The first-order valence-electron chi connectivity index (χ1n) is 12.6. The van der Waals surface area contributed by atoms with Crippen LogP contribution in [0.4, 0.5) is 5.82 Å². The van der Waals surface area contributed by atoms with Crippen LogP contribution in [0.3, 0.4) is 0 Å². The summed E-state index contributed by atoms with van der Waals surface area (Å²) in [6.45, 7) is 5.51. The zero-order valence-corrected chi connectivity index (χ0v) is 21.0. The highest BCUT2D eigenvalue weighted by molar-refractivity contribution is 5.97. The Bertz CT molecular complexity index is 1110. The third-order valence-electron chi connectivity index (χ3n) is 6.71. The quantitative estimate of drug-likeness (QED) is 0.704. The number of ether oxygens (including phenoxy) is 2. The summed E-state index contributed by atoms with van der Waals surface area (Å²) >= 11 is 0. The molecule has 3 amide bonds. The Morgan fingerprint density at radius 1 is 1.14 bits per heavy atom. The number of aryl methyl sites for hydroxylation is 1. The number of hydrogen-bond donors (Lipinski definition) is 1. The van der Waals surface area contributed by atoms with E-state index in [1.807, 2.05) is 25.1 Å². The van der Waals surface area contributed by atoms with Crippen LogP contribution < -0.4 is 10.1 Å². The van der Waals surface area contributed by atoms with E-state index in [0.717, 1.165) is 30.6 Å². The van der Waals surface area contributed by atoms with Gasteiger partial charge in [0.05, 0.1) is 19.7 Å². The summed E-state index contributed by atoms with van der Waals surface area (Å²) in [4.78, 5) is 46.2. The molecule has 1 unspecified atom stereocenters. The number of pyridine rings is 1. The van der Waals surface area contributed by atoms with Crippen molar-refractivity contribution >= 4 is 23.5 Å². The molecule has 0 bridgehead atoms. The lowest BCUT2D eigenvalue weighted by Crippen LogP contribution is -2.62. The molecule has 1 atom stereocenters. The van der Waals surface area contributed by atoms with E-state index in [1.54, 1.807) is 21.9 Å². The van der Waals surface area contributed by atoms with E-state index < -0.39 is 5.60 Å². The van der Waals surface area contributed by atoms with Gasteiger partial charge in [-0.1, -0.05) is 18.2 Å². The molecule has 9 nitrogen and oxygen atoms in total. The fraction of sp³-hybridized carbons (Fsp3) is 0.481. The van der Waals surface area contributed by atoms with E-state index in [9.17, 15) is 14.4 Å². The number of nitrogens with one attached hydrogen (secondary N) is 1. The lowest BCUT2D eigenvalue weighted by Gasteiger charge is -2.44. The van der Waals surface area contributed by atoms with Crippen molar-refractivity contribution in [3.63, 3.8) is 0 Å². The molecule has 0 radical (unpaired) electrons. The van der Waals surface area contributed by atoms with Crippen molar-refractivity contribution < 1.29 is 23.9 Å². The van der Waals surface area contributed by atoms with Crippen LogP contribution in [0.2, 0.25) is 0 Å². The number of benzene rings is 1. The Labute approximate surface area is 211 Å². The Hall–Kier alpha value is -3.46. The molecule has 1 aromatic heterocycles. The van der Waals surface area contributed by atoms with Crippen LogP contribution in [0.5, 0.6) is 5.75 Å². The van der Waals surface area contributed by atoms with Gasteiger partial charge < -0.3 is 24.6 Å². The SMILES string of the molecule is CCN1CCOc2ccccc2CCCCC2(CN(C(=O)c3ccnc(NC(C)=O)c3)CCO2)C1=O. The van der Waals surface area contributed by atoms with Crippen LogP contribution in [0.15, 0.2) is 42.6 Å². The van der Waals surface area contributed by atoms with Gasteiger partial charge in [0.25, 0.3) is 11.8 Å². The van der Waals surface area contributed by atoms with Crippen LogP contribution in [0.1, 0.15) is 49.0 Å². The number of likely N-dealkylation sites (N-methyl/N-ethyl adjacent to an activating group) is 1. The second-order valence-corrected chi connectivity index (χ2v) is 9.23. The Kier molecular flexibility index (Phi) is 8.20. The molecule has 2 aliphatic rings. The lowest BCUT2D eigenvalue weighted by atomic mass is 9.90. The Morgan fingerprint density at radius 2 is 1.97 bits per heavy atom. The molecule has 192 valence electrons. The van der Waals surface area contributed by atoms with Gasteiger partial charge in [0.2, 0.25) is 5.91 Å². The normalized spacial score (nSPS) is 21.1. The predicted molar refractivity (Wildman–Crippen MR) is 135 cm³/mol. The standard InChI is InChI=1S/C27H34N4O5/c1-3-30-14-16-35-23-10-5-4-8-21(23)9-6-7-12-27(26(30)34)19-31(15-17-36-27)25(33)22-11-13-28-24(18-22)29-20(2)32/h4-5,8,10-11,13,18H,3,6-7,9,12,14-17,19H2,1-2H3,(H,28,29,32). The van der Waals surface area contributed by atoms with Crippen LogP contribution in [-0.4, -0.2) is 77.5 Å². The molecule has 1 aromatic carbocycles. The largest absolute Gasteiger partial charge is 0.491 e. The van der Waals surface area contributed by atoms with Gasteiger partial charge >= 0.3 is 0 Å². The van der Waals surface area contributed by atoms with Crippen molar-refractivity contribution in [3.8, 4) is 5.75 Å². The van der Waals surface area contributed by atoms with Gasteiger partial charge in [0, 0.05) is 31.8 Å². The molecule has 4 rings (SSSR count). The number of nitrogens with zero attached hydrogens (tertiary/aromatic N) is 3. The number of carbonyl (C=O) groups is 3. The zero-order chi connectivity index (χ0) is 25.5. The minimum atomic E-state index is -1.10. The molecule has 3 heterocycles. The number of anilines is 1. The maximum Gasteiger partial charge on any atom is 0.256 e. The predicted octanol–water partition coefficient (Wildman–Crippen LogP) is 2.91. The lowest BCUT2D eigenvalue weighted by molar-refractivity contribution is -0.170. The fourth-order valence-electron chi connectivity index (χ4n) is 4.87. The molecule has 2 aromatic rings. The Morgan fingerprint density at radius 3 is 2.78 bits per heavy atom. The molecule has 0 saturated carbocycles. The minimum Gasteiger partial charge on any atom is -0.491 e. The highest BCUT2D eigenvalue weighted by Crippen LogP contribution is 2.30. The van der Waals surface area contributed by atoms with Crippen LogP contribution in [0.25, 0.3) is 0 Å². The monoisotopic (exact) mass is 494 g/mol. The van der Waals surface area contributed by atoms with Crippen molar-refractivity contribution in [1.82, 2.24) is 14.8 Å².